The average molecular weight is 267 g/mol. The highest BCUT2D eigenvalue weighted by Gasteiger charge is 2.14. The molecule has 0 saturated heterocycles. The molecule has 0 saturated carbocycles. The van der Waals surface area contributed by atoms with Crippen molar-refractivity contribution >= 4 is 11.6 Å². The molecule has 1 aromatic heterocycles. The van der Waals surface area contributed by atoms with Gasteiger partial charge >= 0.3 is 0 Å². The third-order valence-electron chi connectivity index (χ3n) is 3.51. The molecule has 102 valence electrons. The second-order valence-corrected chi connectivity index (χ2v) is 4.96. The lowest BCUT2D eigenvalue weighted by atomic mass is 9.99. The highest BCUT2D eigenvalue weighted by Crippen LogP contribution is 2.23. The average Bonchev–Trinajstić information content (AvgIpc) is 2.48. The lowest BCUT2D eigenvalue weighted by Crippen LogP contribution is -2.25. The molecular formula is C16H17N3O. The summed E-state index contributed by atoms with van der Waals surface area (Å²) in [5.41, 5.74) is 4.37. The number of aromatic nitrogens is 1. The lowest BCUT2D eigenvalue weighted by molar-refractivity contribution is -0.115. The van der Waals surface area contributed by atoms with Crippen LogP contribution in [-0.2, 0) is 24.2 Å². The zero-order chi connectivity index (χ0) is 13.8. The SMILES string of the molecule is O=C(Cc1cccnc1)Nc1cccc2c1CNCC2. The molecule has 4 nitrogen and oxygen atoms in total. The van der Waals surface area contributed by atoms with Crippen molar-refractivity contribution in [3.63, 3.8) is 0 Å². The Morgan fingerprint density at radius 2 is 2.25 bits per heavy atom. The van der Waals surface area contributed by atoms with E-state index in [0.29, 0.717) is 6.42 Å². The van der Waals surface area contributed by atoms with Crippen LogP contribution in [0.1, 0.15) is 16.7 Å². The molecule has 0 aliphatic carbocycles. The van der Waals surface area contributed by atoms with Gasteiger partial charge in [-0.2, -0.15) is 0 Å². The number of hydrogen-bond acceptors (Lipinski definition) is 3. The van der Waals surface area contributed by atoms with Crippen molar-refractivity contribution < 1.29 is 4.79 Å². The summed E-state index contributed by atoms with van der Waals surface area (Å²) in [6.45, 7) is 1.82. The summed E-state index contributed by atoms with van der Waals surface area (Å²) in [4.78, 5) is 16.1. The van der Waals surface area contributed by atoms with Gasteiger partial charge in [-0.05, 0) is 41.8 Å². The maximum atomic E-state index is 12.1. The number of benzene rings is 1. The van der Waals surface area contributed by atoms with E-state index in [1.807, 2.05) is 24.3 Å². The molecule has 1 aromatic carbocycles. The van der Waals surface area contributed by atoms with Gasteiger partial charge in [0.2, 0.25) is 5.91 Å². The summed E-state index contributed by atoms with van der Waals surface area (Å²) in [6, 6.07) is 9.86. The first-order chi connectivity index (χ1) is 9.83. The molecule has 0 unspecified atom stereocenters. The minimum Gasteiger partial charge on any atom is -0.325 e. The van der Waals surface area contributed by atoms with Crippen molar-refractivity contribution in [1.29, 1.82) is 0 Å². The Morgan fingerprint density at radius 3 is 3.10 bits per heavy atom. The van der Waals surface area contributed by atoms with Gasteiger partial charge in [0.25, 0.3) is 0 Å². The Balaban J connectivity index is 1.73. The van der Waals surface area contributed by atoms with Gasteiger partial charge in [0.05, 0.1) is 6.42 Å². The summed E-state index contributed by atoms with van der Waals surface area (Å²) in [5, 5.41) is 6.35. The molecule has 0 bridgehead atoms. The van der Waals surface area contributed by atoms with Crippen LogP contribution in [0.2, 0.25) is 0 Å². The van der Waals surface area contributed by atoms with Gasteiger partial charge in [0.15, 0.2) is 0 Å². The summed E-state index contributed by atoms with van der Waals surface area (Å²) in [7, 11) is 0. The summed E-state index contributed by atoms with van der Waals surface area (Å²) in [5.74, 6) is -0.00280. The largest absolute Gasteiger partial charge is 0.325 e. The molecular weight excluding hydrogens is 250 g/mol. The minimum absolute atomic E-state index is 0.00280. The number of amides is 1. The lowest BCUT2D eigenvalue weighted by Gasteiger charge is -2.20. The van der Waals surface area contributed by atoms with Gasteiger partial charge in [0, 0.05) is 24.6 Å². The molecule has 0 radical (unpaired) electrons. The maximum absolute atomic E-state index is 12.1. The smallest absolute Gasteiger partial charge is 0.228 e. The molecule has 0 atom stereocenters. The molecule has 20 heavy (non-hydrogen) atoms. The van der Waals surface area contributed by atoms with E-state index in [9.17, 15) is 4.79 Å². The Labute approximate surface area is 118 Å². The number of rotatable bonds is 3. The van der Waals surface area contributed by atoms with Crippen LogP contribution in [0, 0.1) is 0 Å². The first-order valence-corrected chi connectivity index (χ1v) is 6.83. The van der Waals surface area contributed by atoms with Crippen LogP contribution in [0.5, 0.6) is 0 Å². The normalized spacial score (nSPS) is 13.6. The van der Waals surface area contributed by atoms with E-state index in [-0.39, 0.29) is 5.91 Å². The zero-order valence-electron chi connectivity index (χ0n) is 11.2. The highest BCUT2D eigenvalue weighted by molar-refractivity contribution is 5.93. The topological polar surface area (TPSA) is 54.0 Å². The molecule has 1 aliphatic rings. The standard InChI is InChI=1S/C16H17N3O/c20-16(9-12-3-2-7-17-10-12)19-15-5-1-4-13-6-8-18-11-14(13)15/h1-5,7,10,18H,6,8-9,11H2,(H,19,20). The predicted molar refractivity (Wildman–Crippen MR) is 78.4 cm³/mol. The van der Waals surface area contributed by atoms with Crippen LogP contribution in [0.15, 0.2) is 42.7 Å². The van der Waals surface area contributed by atoms with Crippen molar-refractivity contribution in [1.82, 2.24) is 10.3 Å². The van der Waals surface area contributed by atoms with E-state index in [4.69, 9.17) is 0 Å². The van der Waals surface area contributed by atoms with E-state index < -0.39 is 0 Å². The van der Waals surface area contributed by atoms with Crippen molar-refractivity contribution in [3.8, 4) is 0 Å². The maximum Gasteiger partial charge on any atom is 0.228 e. The molecule has 2 N–H and O–H groups in total. The predicted octanol–water partition coefficient (Wildman–Crippen LogP) is 1.91. The molecule has 0 fully saturated rings. The van der Waals surface area contributed by atoms with Gasteiger partial charge in [-0.25, -0.2) is 0 Å². The van der Waals surface area contributed by atoms with Crippen LogP contribution in [0.3, 0.4) is 0 Å². The third-order valence-corrected chi connectivity index (χ3v) is 3.51. The summed E-state index contributed by atoms with van der Waals surface area (Å²) in [6.07, 6.45) is 4.80. The number of carbonyl (C=O) groups is 1. The molecule has 0 spiro atoms. The van der Waals surface area contributed by atoms with Crippen LogP contribution < -0.4 is 10.6 Å². The monoisotopic (exact) mass is 267 g/mol. The van der Waals surface area contributed by atoms with Crippen molar-refractivity contribution in [2.24, 2.45) is 0 Å². The summed E-state index contributed by atoms with van der Waals surface area (Å²) >= 11 is 0. The Morgan fingerprint density at radius 1 is 1.30 bits per heavy atom. The van der Waals surface area contributed by atoms with Crippen LogP contribution in [0.25, 0.3) is 0 Å². The number of fused-ring (bicyclic) bond motifs is 1. The molecule has 2 aromatic rings. The van der Waals surface area contributed by atoms with E-state index in [2.05, 4.69) is 21.7 Å². The number of nitrogens with zero attached hydrogens (tertiary/aromatic N) is 1. The number of pyridine rings is 1. The van der Waals surface area contributed by atoms with Crippen LogP contribution in [-0.4, -0.2) is 17.4 Å². The third kappa shape index (κ3) is 2.86. The Kier molecular flexibility index (Phi) is 3.74. The van der Waals surface area contributed by atoms with Crippen molar-refractivity contribution in [2.75, 3.05) is 11.9 Å². The van der Waals surface area contributed by atoms with Crippen LogP contribution in [0.4, 0.5) is 5.69 Å². The second-order valence-electron chi connectivity index (χ2n) is 4.96. The fourth-order valence-electron chi connectivity index (χ4n) is 2.51. The second kappa shape index (κ2) is 5.84. The first-order valence-electron chi connectivity index (χ1n) is 6.83. The number of carbonyl (C=O) groups excluding carboxylic acids is 1. The Hall–Kier alpha value is -2.20. The van der Waals surface area contributed by atoms with Gasteiger partial charge < -0.3 is 10.6 Å². The fraction of sp³-hybridized carbons (Fsp3) is 0.250. The highest BCUT2D eigenvalue weighted by atomic mass is 16.1. The molecule has 1 aliphatic heterocycles. The quantitative estimate of drug-likeness (QED) is 0.893. The van der Waals surface area contributed by atoms with E-state index in [1.165, 1.54) is 11.1 Å². The van der Waals surface area contributed by atoms with Crippen molar-refractivity contribution in [3.05, 3.63) is 59.4 Å². The molecule has 2 heterocycles. The number of nitrogens with one attached hydrogen (secondary N) is 2. The number of anilines is 1. The van der Waals surface area contributed by atoms with Gasteiger partial charge in [-0.1, -0.05) is 18.2 Å². The molecule has 3 rings (SSSR count). The molecule has 1 amide bonds. The van der Waals surface area contributed by atoms with Gasteiger partial charge in [-0.15, -0.1) is 0 Å². The zero-order valence-corrected chi connectivity index (χ0v) is 11.2. The fourth-order valence-corrected chi connectivity index (χ4v) is 2.51. The van der Waals surface area contributed by atoms with E-state index in [1.54, 1.807) is 12.4 Å². The van der Waals surface area contributed by atoms with E-state index >= 15 is 0 Å². The van der Waals surface area contributed by atoms with E-state index in [0.717, 1.165) is 30.8 Å². The number of hydrogen-bond donors (Lipinski definition) is 2. The summed E-state index contributed by atoms with van der Waals surface area (Å²) < 4.78 is 0. The van der Waals surface area contributed by atoms with Gasteiger partial charge in [-0.3, -0.25) is 9.78 Å². The molecule has 4 heteroatoms. The van der Waals surface area contributed by atoms with Crippen molar-refractivity contribution in [2.45, 2.75) is 19.4 Å². The first kappa shape index (κ1) is 12.8. The van der Waals surface area contributed by atoms with Gasteiger partial charge in [0.1, 0.15) is 0 Å². The minimum atomic E-state index is -0.00280. The Bertz CT molecular complexity index is 610. The van der Waals surface area contributed by atoms with Crippen LogP contribution >= 0.6 is 0 Å².